The van der Waals surface area contributed by atoms with Gasteiger partial charge in [-0.05, 0) is 44.9 Å². The van der Waals surface area contributed by atoms with Gasteiger partial charge in [-0.15, -0.1) is 0 Å². The fraction of sp³-hybridized carbons (Fsp3) is 0.923. The van der Waals surface area contributed by atoms with Crippen molar-refractivity contribution < 1.29 is 39.8 Å². The molecule has 438 valence electrons. The number of aliphatic hydroxyl groups excluding tert-OH is 5. The second-order valence-electron chi connectivity index (χ2n) is 22.9. The average molecular weight is 1050 g/mol. The van der Waals surface area contributed by atoms with E-state index in [1.165, 1.54) is 270 Å². The lowest BCUT2D eigenvalue weighted by Gasteiger charge is -2.40. The summed E-state index contributed by atoms with van der Waals surface area (Å²) in [7, 11) is 0. The van der Waals surface area contributed by atoms with E-state index in [4.69, 9.17) is 9.47 Å². The summed E-state index contributed by atoms with van der Waals surface area (Å²) in [4.78, 5) is 13.1. The van der Waals surface area contributed by atoms with Crippen LogP contribution in [0.5, 0.6) is 0 Å². The van der Waals surface area contributed by atoms with E-state index in [0.717, 1.165) is 38.5 Å². The van der Waals surface area contributed by atoms with Gasteiger partial charge in [0, 0.05) is 6.42 Å². The number of unbranched alkanes of at least 4 members (excludes halogenated alkanes) is 45. The Bertz CT molecular complexity index is 1210. The number of carbonyl (C=O) groups is 1. The molecule has 1 saturated heterocycles. The lowest BCUT2D eigenvalue weighted by Crippen LogP contribution is -2.60. The summed E-state index contributed by atoms with van der Waals surface area (Å²) < 4.78 is 11.3. The Morgan fingerprint density at radius 1 is 0.446 bits per heavy atom. The van der Waals surface area contributed by atoms with Crippen LogP contribution in [-0.2, 0) is 14.3 Å². The first-order valence-corrected chi connectivity index (χ1v) is 32.6. The summed E-state index contributed by atoms with van der Waals surface area (Å²) in [5.41, 5.74) is 0. The highest BCUT2D eigenvalue weighted by Gasteiger charge is 2.44. The van der Waals surface area contributed by atoms with Crippen molar-refractivity contribution in [3.05, 3.63) is 24.3 Å². The van der Waals surface area contributed by atoms with Crippen molar-refractivity contribution in [1.82, 2.24) is 5.32 Å². The third-order valence-electron chi connectivity index (χ3n) is 15.8. The molecule has 74 heavy (non-hydrogen) atoms. The van der Waals surface area contributed by atoms with Crippen LogP contribution in [0.3, 0.4) is 0 Å². The number of nitrogens with one attached hydrogen (secondary N) is 1. The monoisotopic (exact) mass is 1050 g/mol. The molecule has 1 aliphatic rings. The minimum atomic E-state index is -1.56. The quantitative estimate of drug-likeness (QED) is 0.0261. The van der Waals surface area contributed by atoms with Crippen molar-refractivity contribution in [3.8, 4) is 0 Å². The summed E-state index contributed by atoms with van der Waals surface area (Å²) in [6.45, 7) is 3.81. The zero-order valence-corrected chi connectivity index (χ0v) is 48.9. The summed E-state index contributed by atoms with van der Waals surface area (Å²) >= 11 is 0. The van der Waals surface area contributed by atoms with Crippen molar-refractivity contribution in [2.45, 2.75) is 371 Å². The Kier molecular flexibility index (Phi) is 52.5. The molecule has 6 N–H and O–H groups in total. The normalized spacial score (nSPS) is 19.0. The molecule has 1 rings (SSSR count). The van der Waals surface area contributed by atoms with Gasteiger partial charge in [0.25, 0.3) is 0 Å². The predicted molar refractivity (Wildman–Crippen MR) is 314 cm³/mol. The molecule has 9 nitrogen and oxygen atoms in total. The molecule has 1 aliphatic heterocycles. The van der Waals surface area contributed by atoms with E-state index in [2.05, 4.69) is 31.3 Å². The zero-order chi connectivity index (χ0) is 53.6. The maximum absolute atomic E-state index is 13.1. The van der Waals surface area contributed by atoms with E-state index in [1.807, 2.05) is 6.08 Å². The lowest BCUT2D eigenvalue weighted by atomic mass is 9.99. The maximum Gasteiger partial charge on any atom is 0.220 e. The molecule has 0 bridgehead atoms. The lowest BCUT2D eigenvalue weighted by molar-refractivity contribution is -0.302. The van der Waals surface area contributed by atoms with Crippen LogP contribution in [0.4, 0.5) is 0 Å². The minimum Gasteiger partial charge on any atom is -0.394 e. The number of aliphatic hydroxyl groups is 5. The van der Waals surface area contributed by atoms with Gasteiger partial charge in [-0.25, -0.2) is 0 Å². The van der Waals surface area contributed by atoms with Crippen molar-refractivity contribution in [2.75, 3.05) is 13.2 Å². The van der Waals surface area contributed by atoms with Crippen LogP contribution in [-0.4, -0.2) is 87.5 Å². The molecular weight excluding hydrogens is 923 g/mol. The number of hydrogen-bond acceptors (Lipinski definition) is 8. The Morgan fingerprint density at radius 2 is 0.757 bits per heavy atom. The Labute approximate surface area is 458 Å². The van der Waals surface area contributed by atoms with Gasteiger partial charge in [-0.1, -0.05) is 301 Å². The second-order valence-corrected chi connectivity index (χ2v) is 22.9. The van der Waals surface area contributed by atoms with E-state index in [-0.39, 0.29) is 12.5 Å². The van der Waals surface area contributed by atoms with Gasteiger partial charge in [0.05, 0.1) is 25.4 Å². The topological polar surface area (TPSA) is 149 Å². The molecule has 7 atom stereocenters. The predicted octanol–water partition coefficient (Wildman–Crippen LogP) is 16.9. The van der Waals surface area contributed by atoms with E-state index in [9.17, 15) is 30.3 Å². The molecule has 0 aromatic heterocycles. The first-order valence-electron chi connectivity index (χ1n) is 32.6. The maximum atomic E-state index is 13.1. The number of amides is 1. The third-order valence-corrected chi connectivity index (χ3v) is 15.8. The zero-order valence-electron chi connectivity index (χ0n) is 48.9. The van der Waals surface area contributed by atoms with Crippen LogP contribution in [0.15, 0.2) is 24.3 Å². The fourth-order valence-corrected chi connectivity index (χ4v) is 10.6. The molecule has 0 spiro atoms. The fourth-order valence-electron chi connectivity index (χ4n) is 10.6. The Balaban J connectivity index is 2.04. The number of ether oxygens (including phenoxy) is 2. The van der Waals surface area contributed by atoms with Gasteiger partial charge >= 0.3 is 0 Å². The summed E-state index contributed by atoms with van der Waals surface area (Å²) in [5, 5.41) is 54.5. The van der Waals surface area contributed by atoms with Crippen LogP contribution in [0.2, 0.25) is 0 Å². The van der Waals surface area contributed by atoms with Gasteiger partial charge in [-0.3, -0.25) is 4.79 Å². The van der Waals surface area contributed by atoms with Gasteiger partial charge < -0.3 is 40.3 Å². The largest absolute Gasteiger partial charge is 0.394 e. The molecule has 0 aromatic carbocycles. The second kappa shape index (κ2) is 55.0. The summed E-state index contributed by atoms with van der Waals surface area (Å²) in [6, 6.07) is -0.801. The van der Waals surface area contributed by atoms with Crippen molar-refractivity contribution in [1.29, 1.82) is 0 Å². The highest BCUT2D eigenvalue weighted by atomic mass is 16.7. The van der Waals surface area contributed by atoms with E-state index in [1.54, 1.807) is 6.08 Å². The van der Waals surface area contributed by atoms with Crippen LogP contribution in [0.1, 0.15) is 328 Å². The summed E-state index contributed by atoms with van der Waals surface area (Å²) in [6.07, 6.45) is 64.3. The van der Waals surface area contributed by atoms with Crippen LogP contribution >= 0.6 is 0 Å². The Morgan fingerprint density at radius 3 is 1.09 bits per heavy atom. The number of hydrogen-bond donors (Lipinski definition) is 6. The first-order chi connectivity index (χ1) is 36.3. The molecule has 0 saturated carbocycles. The standard InChI is InChI=1S/C65H125NO8/c1-3-5-7-9-11-13-15-17-19-20-21-22-23-24-25-26-27-28-29-30-31-32-33-34-35-36-37-38-39-40-41-43-45-47-49-51-53-55-61(69)66-58(57-73-65-64(72)63(71)62(70)60(56-67)74-65)59(68)54-52-50-48-46-44-42-18-16-14-12-10-8-6-4-2/h20-21,52,54,58-60,62-65,67-68,70-72H,3-19,22-51,53,55-57H2,1-2H3,(H,66,69)/b21-20-,54-52+. The van der Waals surface area contributed by atoms with Crippen molar-refractivity contribution in [3.63, 3.8) is 0 Å². The number of allylic oxidation sites excluding steroid dienone is 3. The highest BCUT2D eigenvalue weighted by molar-refractivity contribution is 5.76. The van der Waals surface area contributed by atoms with Gasteiger partial charge in [0.1, 0.15) is 24.4 Å². The SMILES string of the molecule is CCCCCCCCCC/C=C\CCCCCCCCCCCCCCCCCCCCCCCCCCCC(=O)NC(COC1OC(CO)C(O)C(O)C1O)C(O)/C=C/CCCCCCCCCCCCCC. The molecule has 7 unspecified atom stereocenters. The smallest absolute Gasteiger partial charge is 0.220 e. The van der Waals surface area contributed by atoms with Crippen LogP contribution < -0.4 is 5.32 Å². The molecule has 0 aliphatic carbocycles. The molecule has 1 fully saturated rings. The molecule has 1 heterocycles. The first kappa shape index (κ1) is 70.7. The minimum absolute atomic E-state index is 0.170. The van der Waals surface area contributed by atoms with E-state index >= 15 is 0 Å². The van der Waals surface area contributed by atoms with Crippen LogP contribution in [0, 0.1) is 0 Å². The van der Waals surface area contributed by atoms with E-state index in [0.29, 0.717) is 6.42 Å². The number of rotatable bonds is 57. The van der Waals surface area contributed by atoms with Gasteiger partial charge in [-0.2, -0.15) is 0 Å². The molecule has 9 heteroatoms. The van der Waals surface area contributed by atoms with Crippen molar-refractivity contribution in [2.24, 2.45) is 0 Å². The van der Waals surface area contributed by atoms with E-state index < -0.39 is 49.5 Å². The average Bonchev–Trinajstić information content (AvgIpc) is 3.40. The van der Waals surface area contributed by atoms with Gasteiger partial charge in [0.2, 0.25) is 5.91 Å². The molecule has 1 amide bonds. The highest BCUT2D eigenvalue weighted by Crippen LogP contribution is 2.23. The number of carbonyl (C=O) groups excluding carboxylic acids is 1. The molecule has 0 aromatic rings. The van der Waals surface area contributed by atoms with Crippen molar-refractivity contribution >= 4 is 5.91 Å². The summed E-state index contributed by atoms with van der Waals surface area (Å²) in [5.74, 6) is -0.170. The Hall–Kier alpha value is -1.33. The third kappa shape index (κ3) is 43.6. The molecular formula is C65H125NO8. The molecule has 0 radical (unpaired) electrons. The van der Waals surface area contributed by atoms with Gasteiger partial charge in [0.15, 0.2) is 6.29 Å². The van der Waals surface area contributed by atoms with Crippen LogP contribution in [0.25, 0.3) is 0 Å².